The number of piperazine rings is 1. The van der Waals surface area contributed by atoms with Gasteiger partial charge in [-0.15, -0.1) is 0 Å². The third-order valence-electron chi connectivity index (χ3n) is 5.48. The van der Waals surface area contributed by atoms with Crippen molar-refractivity contribution in [3.8, 4) is 0 Å². The lowest BCUT2D eigenvalue weighted by Gasteiger charge is -2.34. The van der Waals surface area contributed by atoms with Crippen molar-refractivity contribution in [1.82, 2.24) is 9.47 Å². The second-order valence-corrected chi connectivity index (χ2v) is 9.86. The summed E-state index contributed by atoms with van der Waals surface area (Å²) in [6.45, 7) is 2.98. The lowest BCUT2D eigenvalue weighted by molar-refractivity contribution is 0.312. The SMILES string of the molecule is CN1CCN(c2cc3c(cc2F)c(=O)c(S(=O)(=O)c2ccc(Cl)cc2)cn3C)CC1. The highest BCUT2D eigenvalue weighted by Crippen LogP contribution is 2.27. The molecular formula is C21H21ClFN3O3S. The molecule has 0 spiro atoms. The fourth-order valence-electron chi connectivity index (χ4n) is 3.68. The molecule has 3 aromatic rings. The Hall–Kier alpha value is -2.42. The second-order valence-electron chi connectivity index (χ2n) is 7.50. The van der Waals surface area contributed by atoms with Crippen molar-refractivity contribution < 1.29 is 12.8 Å². The Balaban J connectivity index is 1.85. The molecule has 0 N–H and O–H groups in total. The number of fused-ring (bicyclic) bond motifs is 1. The summed E-state index contributed by atoms with van der Waals surface area (Å²) < 4.78 is 42.6. The van der Waals surface area contributed by atoms with Crippen molar-refractivity contribution in [2.45, 2.75) is 9.79 Å². The van der Waals surface area contributed by atoms with Gasteiger partial charge in [0, 0.05) is 44.4 Å². The van der Waals surface area contributed by atoms with E-state index in [0.29, 0.717) is 29.3 Å². The largest absolute Gasteiger partial charge is 0.367 e. The zero-order valence-electron chi connectivity index (χ0n) is 16.6. The minimum absolute atomic E-state index is 0.0305. The van der Waals surface area contributed by atoms with Gasteiger partial charge in [0.1, 0.15) is 10.7 Å². The van der Waals surface area contributed by atoms with E-state index in [9.17, 15) is 17.6 Å². The molecule has 1 aliphatic heterocycles. The lowest BCUT2D eigenvalue weighted by atomic mass is 10.1. The number of pyridine rings is 1. The molecule has 0 radical (unpaired) electrons. The second kappa shape index (κ2) is 7.68. The molecule has 30 heavy (non-hydrogen) atoms. The van der Waals surface area contributed by atoms with Crippen LogP contribution in [0.2, 0.25) is 5.02 Å². The number of likely N-dealkylation sites (N-methyl/N-ethyl adjacent to an activating group) is 1. The van der Waals surface area contributed by atoms with Crippen LogP contribution in [-0.2, 0) is 16.9 Å². The molecule has 1 aliphatic rings. The summed E-state index contributed by atoms with van der Waals surface area (Å²) in [6, 6.07) is 8.35. The van der Waals surface area contributed by atoms with Crippen molar-refractivity contribution >= 4 is 38.0 Å². The third kappa shape index (κ3) is 3.59. The molecule has 0 aliphatic carbocycles. The monoisotopic (exact) mass is 449 g/mol. The normalized spacial score (nSPS) is 15.7. The van der Waals surface area contributed by atoms with Crippen LogP contribution >= 0.6 is 11.6 Å². The van der Waals surface area contributed by atoms with E-state index in [2.05, 4.69) is 4.90 Å². The number of anilines is 1. The Bertz CT molecular complexity index is 1280. The van der Waals surface area contributed by atoms with Crippen LogP contribution in [0.15, 0.2) is 57.2 Å². The first kappa shape index (κ1) is 20.8. The van der Waals surface area contributed by atoms with Gasteiger partial charge in [0.25, 0.3) is 0 Å². The number of aryl methyl sites for hydroxylation is 1. The number of hydrogen-bond acceptors (Lipinski definition) is 5. The molecule has 0 unspecified atom stereocenters. The average Bonchev–Trinajstić information content (AvgIpc) is 2.71. The minimum atomic E-state index is -4.08. The maximum Gasteiger partial charge on any atom is 0.211 e. The number of aromatic nitrogens is 1. The van der Waals surface area contributed by atoms with E-state index in [4.69, 9.17) is 11.6 Å². The summed E-state index contributed by atoms with van der Waals surface area (Å²) in [4.78, 5) is 16.7. The van der Waals surface area contributed by atoms with E-state index >= 15 is 0 Å². The maximum absolute atomic E-state index is 14.9. The summed E-state index contributed by atoms with van der Waals surface area (Å²) in [7, 11) is -0.419. The number of hydrogen-bond donors (Lipinski definition) is 0. The van der Waals surface area contributed by atoms with Gasteiger partial charge in [-0.3, -0.25) is 4.79 Å². The van der Waals surface area contributed by atoms with Crippen LogP contribution in [0.4, 0.5) is 10.1 Å². The predicted octanol–water partition coefficient (Wildman–Crippen LogP) is 2.92. The molecule has 158 valence electrons. The fourth-order valence-corrected chi connectivity index (χ4v) is 5.21. The van der Waals surface area contributed by atoms with Crippen LogP contribution in [0, 0.1) is 5.82 Å². The van der Waals surface area contributed by atoms with Crippen LogP contribution in [0.25, 0.3) is 10.9 Å². The predicted molar refractivity (Wildman–Crippen MR) is 116 cm³/mol. The highest BCUT2D eigenvalue weighted by atomic mass is 35.5. The van der Waals surface area contributed by atoms with E-state index in [0.717, 1.165) is 19.2 Å². The van der Waals surface area contributed by atoms with Crippen molar-refractivity contribution in [3.05, 3.63) is 63.7 Å². The quantitative estimate of drug-likeness (QED) is 0.615. The fraction of sp³-hybridized carbons (Fsp3) is 0.286. The summed E-state index contributed by atoms with van der Waals surface area (Å²) >= 11 is 5.84. The molecule has 2 aromatic carbocycles. The van der Waals surface area contributed by atoms with E-state index in [1.54, 1.807) is 17.7 Å². The standard InChI is InChI=1S/C21H21ClFN3O3S/c1-24-7-9-26(10-8-24)19-12-18-16(11-17(19)23)21(27)20(13-25(18)2)30(28,29)15-5-3-14(22)4-6-15/h3-6,11-13H,7-10H2,1-2H3. The van der Waals surface area contributed by atoms with Gasteiger partial charge in [-0.05, 0) is 43.4 Å². The van der Waals surface area contributed by atoms with E-state index in [1.165, 1.54) is 30.5 Å². The molecule has 2 heterocycles. The van der Waals surface area contributed by atoms with Crippen LogP contribution in [0.1, 0.15) is 0 Å². The van der Waals surface area contributed by atoms with Crippen LogP contribution < -0.4 is 10.3 Å². The van der Waals surface area contributed by atoms with Gasteiger partial charge in [-0.1, -0.05) is 11.6 Å². The molecule has 4 rings (SSSR count). The molecule has 9 heteroatoms. The molecule has 0 saturated carbocycles. The zero-order chi connectivity index (χ0) is 21.6. The number of halogens is 2. The maximum atomic E-state index is 14.9. The average molecular weight is 450 g/mol. The Morgan fingerprint density at radius 1 is 1.00 bits per heavy atom. The molecule has 0 bridgehead atoms. The Morgan fingerprint density at radius 2 is 1.63 bits per heavy atom. The topological polar surface area (TPSA) is 62.6 Å². The highest BCUT2D eigenvalue weighted by molar-refractivity contribution is 7.91. The van der Waals surface area contributed by atoms with Gasteiger partial charge in [-0.2, -0.15) is 0 Å². The molecular weight excluding hydrogens is 429 g/mol. The summed E-state index contributed by atoms with van der Waals surface area (Å²) in [6.07, 6.45) is 1.29. The summed E-state index contributed by atoms with van der Waals surface area (Å²) in [5.74, 6) is -0.537. The third-order valence-corrected chi connectivity index (χ3v) is 7.50. The lowest BCUT2D eigenvalue weighted by Crippen LogP contribution is -2.44. The first-order valence-corrected chi connectivity index (χ1v) is 11.3. The minimum Gasteiger partial charge on any atom is -0.367 e. The number of rotatable bonds is 3. The van der Waals surface area contributed by atoms with Gasteiger partial charge < -0.3 is 14.4 Å². The Labute approximate surface area is 179 Å². The highest BCUT2D eigenvalue weighted by Gasteiger charge is 2.25. The van der Waals surface area contributed by atoms with Gasteiger partial charge >= 0.3 is 0 Å². The van der Waals surface area contributed by atoms with E-state index < -0.39 is 26.0 Å². The molecule has 0 atom stereocenters. The van der Waals surface area contributed by atoms with Gasteiger partial charge in [-0.25, -0.2) is 12.8 Å². The molecule has 1 saturated heterocycles. The molecule has 1 aromatic heterocycles. The number of sulfone groups is 1. The first-order chi connectivity index (χ1) is 14.2. The summed E-state index contributed by atoms with van der Waals surface area (Å²) in [5.41, 5.74) is 0.172. The van der Waals surface area contributed by atoms with Crippen LogP contribution in [0.3, 0.4) is 0 Å². The van der Waals surface area contributed by atoms with E-state index in [-0.39, 0.29) is 10.3 Å². The van der Waals surface area contributed by atoms with Crippen molar-refractivity contribution in [3.63, 3.8) is 0 Å². The molecule has 1 fully saturated rings. The van der Waals surface area contributed by atoms with Crippen molar-refractivity contribution in [2.24, 2.45) is 7.05 Å². The Morgan fingerprint density at radius 3 is 2.27 bits per heavy atom. The van der Waals surface area contributed by atoms with E-state index in [1.807, 2.05) is 11.9 Å². The Kier molecular flexibility index (Phi) is 5.34. The smallest absolute Gasteiger partial charge is 0.211 e. The van der Waals surface area contributed by atoms with Crippen LogP contribution in [-0.4, -0.2) is 51.1 Å². The number of benzene rings is 2. The van der Waals surface area contributed by atoms with Gasteiger partial charge in [0.2, 0.25) is 15.3 Å². The first-order valence-electron chi connectivity index (χ1n) is 9.45. The van der Waals surface area contributed by atoms with Gasteiger partial charge in [0.15, 0.2) is 0 Å². The zero-order valence-corrected chi connectivity index (χ0v) is 18.2. The van der Waals surface area contributed by atoms with Gasteiger partial charge in [0.05, 0.1) is 21.5 Å². The molecule has 6 nitrogen and oxygen atoms in total. The van der Waals surface area contributed by atoms with Crippen molar-refractivity contribution in [1.29, 1.82) is 0 Å². The number of nitrogens with zero attached hydrogens (tertiary/aromatic N) is 3. The summed E-state index contributed by atoms with van der Waals surface area (Å²) in [5, 5.41) is 0.418. The van der Waals surface area contributed by atoms with Crippen LogP contribution in [0.5, 0.6) is 0 Å². The van der Waals surface area contributed by atoms with Crippen molar-refractivity contribution in [2.75, 3.05) is 38.1 Å². The molecule has 0 amide bonds.